The number of anilines is 1. The van der Waals surface area contributed by atoms with Gasteiger partial charge >= 0.3 is 0 Å². The first-order valence-corrected chi connectivity index (χ1v) is 9.28. The fraction of sp³-hybridized carbons (Fsp3) is 0.190. The number of aromatic nitrogens is 2. The summed E-state index contributed by atoms with van der Waals surface area (Å²) >= 11 is 0. The average Bonchev–Trinajstić information content (AvgIpc) is 2.77. The minimum atomic E-state index is -0.285. The lowest BCUT2D eigenvalue weighted by atomic mass is 10.1. The first kappa shape index (κ1) is 18.7. The zero-order valence-electron chi connectivity index (χ0n) is 15.7. The zero-order valence-corrected chi connectivity index (χ0v) is 15.7. The van der Waals surface area contributed by atoms with Crippen LogP contribution in [0.3, 0.4) is 0 Å². The van der Waals surface area contributed by atoms with E-state index in [1.54, 1.807) is 59.9 Å². The molecule has 0 radical (unpaired) electrons. The fourth-order valence-electron chi connectivity index (χ4n) is 3.16. The first-order valence-electron chi connectivity index (χ1n) is 9.28. The van der Waals surface area contributed by atoms with Crippen LogP contribution in [0.5, 0.6) is 0 Å². The van der Waals surface area contributed by atoms with Gasteiger partial charge < -0.3 is 25.7 Å². The Hall–Kier alpha value is -3.65. The average molecular weight is 391 g/mol. The number of ether oxygens (including phenoxy) is 1. The number of benzene rings is 1. The van der Waals surface area contributed by atoms with E-state index < -0.39 is 0 Å². The maximum absolute atomic E-state index is 12.5. The molecule has 1 aliphatic heterocycles. The van der Waals surface area contributed by atoms with Crippen molar-refractivity contribution in [3.63, 3.8) is 0 Å². The van der Waals surface area contributed by atoms with Gasteiger partial charge in [0, 0.05) is 42.1 Å². The molecule has 1 aromatic carbocycles. The SMILES string of the molecule is N/C(=C\Nc1ccc(C(=O)N2CCOCC2)cc1)c1cc2ccncc2[nH]c1=O. The Bertz CT molecular complexity index is 1120. The van der Waals surface area contributed by atoms with Gasteiger partial charge in [0.05, 0.1) is 36.2 Å². The highest BCUT2D eigenvalue weighted by Crippen LogP contribution is 2.15. The number of rotatable bonds is 4. The summed E-state index contributed by atoms with van der Waals surface area (Å²) in [4.78, 5) is 33.3. The topological polar surface area (TPSA) is 113 Å². The highest BCUT2D eigenvalue weighted by molar-refractivity contribution is 5.94. The van der Waals surface area contributed by atoms with Crippen molar-refractivity contribution in [1.29, 1.82) is 0 Å². The lowest BCUT2D eigenvalue weighted by molar-refractivity contribution is 0.0303. The number of morpholine rings is 1. The molecule has 4 rings (SSSR count). The predicted molar refractivity (Wildman–Crippen MR) is 111 cm³/mol. The molecule has 8 heteroatoms. The van der Waals surface area contributed by atoms with Gasteiger partial charge in [-0.05, 0) is 36.4 Å². The van der Waals surface area contributed by atoms with Crippen LogP contribution in [0.2, 0.25) is 0 Å². The number of carbonyl (C=O) groups is 1. The van der Waals surface area contributed by atoms with Crippen molar-refractivity contribution in [2.24, 2.45) is 5.73 Å². The van der Waals surface area contributed by atoms with E-state index in [-0.39, 0.29) is 11.5 Å². The molecular formula is C21H21N5O3. The molecule has 1 fully saturated rings. The number of pyridine rings is 2. The smallest absolute Gasteiger partial charge is 0.257 e. The molecule has 4 N–H and O–H groups in total. The standard InChI is InChI=1S/C21H21N5O3/c22-18(17-11-15-5-6-23-13-19(15)25-20(17)27)12-24-16-3-1-14(2-4-16)21(28)26-7-9-29-10-8-26/h1-6,11-13,24H,7-10,22H2,(H,25,27)/b18-12-. The van der Waals surface area contributed by atoms with Crippen LogP contribution in [0, 0.1) is 0 Å². The molecule has 0 aliphatic carbocycles. The van der Waals surface area contributed by atoms with Crippen LogP contribution in [-0.2, 0) is 4.74 Å². The van der Waals surface area contributed by atoms with E-state index in [0.717, 1.165) is 11.1 Å². The van der Waals surface area contributed by atoms with Gasteiger partial charge in [0.15, 0.2) is 0 Å². The zero-order chi connectivity index (χ0) is 20.2. The van der Waals surface area contributed by atoms with E-state index in [4.69, 9.17) is 10.5 Å². The van der Waals surface area contributed by atoms with Gasteiger partial charge in [-0.2, -0.15) is 0 Å². The summed E-state index contributed by atoms with van der Waals surface area (Å²) in [6.07, 6.45) is 4.82. The van der Waals surface area contributed by atoms with Crippen molar-refractivity contribution in [2.75, 3.05) is 31.6 Å². The van der Waals surface area contributed by atoms with Crippen molar-refractivity contribution in [2.45, 2.75) is 0 Å². The van der Waals surface area contributed by atoms with Crippen LogP contribution in [-0.4, -0.2) is 47.1 Å². The molecule has 1 amide bonds. The molecule has 148 valence electrons. The lowest BCUT2D eigenvalue weighted by Gasteiger charge is -2.26. The Morgan fingerprint density at radius 1 is 1.21 bits per heavy atom. The number of carbonyl (C=O) groups excluding carboxylic acids is 1. The van der Waals surface area contributed by atoms with Crippen molar-refractivity contribution in [3.8, 4) is 0 Å². The number of fused-ring (bicyclic) bond motifs is 1. The number of H-pyrrole nitrogens is 1. The third kappa shape index (κ3) is 4.12. The Morgan fingerprint density at radius 3 is 2.72 bits per heavy atom. The van der Waals surface area contributed by atoms with Gasteiger partial charge in [0.25, 0.3) is 11.5 Å². The van der Waals surface area contributed by atoms with Crippen molar-refractivity contribution < 1.29 is 9.53 Å². The Kier molecular flexibility index (Phi) is 5.26. The van der Waals surface area contributed by atoms with E-state index >= 15 is 0 Å². The van der Waals surface area contributed by atoms with Crippen molar-refractivity contribution in [3.05, 3.63) is 76.5 Å². The van der Waals surface area contributed by atoms with E-state index in [1.165, 1.54) is 0 Å². The Morgan fingerprint density at radius 2 is 1.97 bits per heavy atom. The Labute approximate surface area is 167 Å². The molecule has 0 bridgehead atoms. The van der Waals surface area contributed by atoms with E-state index in [2.05, 4.69) is 15.3 Å². The molecule has 3 heterocycles. The summed E-state index contributed by atoms with van der Waals surface area (Å²) in [7, 11) is 0. The van der Waals surface area contributed by atoms with Crippen LogP contribution >= 0.6 is 0 Å². The van der Waals surface area contributed by atoms with Gasteiger partial charge in [0.2, 0.25) is 0 Å². The highest BCUT2D eigenvalue weighted by Gasteiger charge is 2.18. The summed E-state index contributed by atoms with van der Waals surface area (Å²) in [5, 5.41) is 3.91. The molecule has 0 atom stereocenters. The second-order valence-electron chi connectivity index (χ2n) is 6.70. The number of hydrogen-bond acceptors (Lipinski definition) is 6. The largest absolute Gasteiger partial charge is 0.397 e. The highest BCUT2D eigenvalue weighted by atomic mass is 16.5. The minimum Gasteiger partial charge on any atom is -0.397 e. The van der Waals surface area contributed by atoms with Crippen LogP contribution in [0.15, 0.2) is 59.8 Å². The molecule has 8 nitrogen and oxygen atoms in total. The number of amides is 1. The maximum Gasteiger partial charge on any atom is 0.257 e. The molecule has 0 unspecified atom stereocenters. The predicted octanol–water partition coefficient (Wildman–Crippen LogP) is 1.76. The minimum absolute atomic E-state index is 0.00732. The van der Waals surface area contributed by atoms with Gasteiger partial charge in [-0.15, -0.1) is 0 Å². The molecule has 0 saturated carbocycles. The molecule has 2 aromatic heterocycles. The second kappa shape index (κ2) is 8.15. The van der Waals surface area contributed by atoms with Crippen LogP contribution < -0.4 is 16.6 Å². The Balaban J connectivity index is 1.48. The van der Waals surface area contributed by atoms with Gasteiger partial charge in [0.1, 0.15) is 0 Å². The quantitative estimate of drug-likeness (QED) is 0.625. The third-order valence-electron chi connectivity index (χ3n) is 4.78. The third-order valence-corrected chi connectivity index (χ3v) is 4.78. The van der Waals surface area contributed by atoms with Crippen LogP contribution in [0.1, 0.15) is 15.9 Å². The number of nitrogens with zero attached hydrogens (tertiary/aromatic N) is 2. The monoisotopic (exact) mass is 391 g/mol. The molecular weight excluding hydrogens is 370 g/mol. The van der Waals surface area contributed by atoms with E-state index in [9.17, 15) is 9.59 Å². The summed E-state index contributed by atoms with van der Waals surface area (Å²) in [5.41, 5.74) is 8.52. The van der Waals surface area contributed by atoms with Gasteiger partial charge in [-0.3, -0.25) is 14.6 Å². The van der Waals surface area contributed by atoms with Crippen LogP contribution in [0.25, 0.3) is 16.6 Å². The van der Waals surface area contributed by atoms with E-state index in [0.29, 0.717) is 48.6 Å². The fourth-order valence-corrected chi connectivity index (χ4v) is 3.16. The lowest BCUT2D eigenvalue weighted by Crippen LogP contribution is -2.40. The molecule has 3 aromatic rings. The molecule has 29 heavy (non-hydrogen) atoms. The summed E-state index contributed by atoms with van der Waals surface area (Å²) < 4.78 is 5.28. The normalized spacial score (nSPS) is 14.8. The van der Waals surface area contributed by atoms with Gasteiger partial charge in [-0.1, -0.05) is 0 Å². The van der Waals surface area contributed by atoms with Crippen LogP contribution in [0.4, 0.5) is 5.69 Å². The summed E-state index contributed by atoms with van der Waals surface area (Å²) in [6.45, 7) is 2.35. The number of nitrogens with two attached hydrogens (primary N) is 1. The van der Waals surface area contributed by atoms with Gasteiger partial charge in [-0.25, -0.2) is 0 Å². The number of hydrogen-bond donors (Lipinski definition) is 3. The summed E-state index contributed by atoms with van der Waals surface area (Å²) in [5.74, 6) is -0.00732. The maximum atomic E-state index is 12.5. The number of nitrogens with one attached hydrogen (secondary N) is 2. The second-order valence-corrected chi connectivity index (χ2v) is 6.70. The van der Waals surface area contributed by atoms with Crippen molar-refractivity contribution in [1.82, 2.24) is 14.9 Å². The summed E-state index contributed by atoms with van der Waals surface area (Å²) in [6, 6.07) is 10.7. The molecule has 1 aliphatic rings. The van der Waals surface area contributed by atoms with Crippen molar-refractivity contribution >= 4 is 28.2 Å². The molecule has 1 saturated heterocycles. The number of aromatic amines is 1. The first-order chi connectivity index (χ1) is 14.1. The molecule has 0 spiro atoms. The van der Waals surface area contributed by atoms with E-state index in [1.807, 2.05) is 0 Å².